The molecular formula is C32H32N4O. The lowest BCUT2D eigenvalue weighted by molar-refractivity contribution is 0.553. The minimum Gasteiger partial charge on any atom is -0.437 e. The van der Waals surface area contributed by atoms with Gasteiger partial charge < -0.3 is 8.98 Å². The van der Waals surface area contributed by atoms with Crippen LogP contribution in [0.5, 0.6) is 0 Å². The maximum absolute atomic E-state index is 6.45. The maximum atomic E-state index is 6.45. The zero-order valence-electron chi connectivity index (χ0n) is 22.5. The number of aryl methyl sites for hydroxylation is 1. The number of aromatic nitrogens is 4. The first-order valence-electron chi connectivity index (χ1n) is 12.8. The Morgan fingerprint density at radius 2 is 1.49 bits per heavy atom. The summed E-state index contributed by atoms with van der Waals surface area (Å²) in [5.41, 5.74) is 8.34. The standard InChI is InChI=1S/C32H32N4O/c1-31(2,3)19-17-25(33-27(18-19)32(4,5)6)23-16-15-21-20-11-10-12-22(28(20)37-30(21)35-23)29-34-24-13-8-9-14-26(24)36(29)7/h8-18H,1-7H3. The summed E-state index contributed by atoms with van der Waals surface area (Å²) in [5.74, 6) is 0.875. The first kappa shape index (κ1) is 23.4. The topological polar surface area (TPSA) is 56.7 Å². The molecule has 0 atom stereocenters. The Morgan fingerprint density at radius 1 is 0.703 bits per heavy atom. The molecule has 5 nitrogen and oxygen atoms in total. The highest BCUT2D eigenvalue weighted by molar-refractivity contribution is 6.08. The summed E-state index contributed by atoms with van der Waals surface area (Å²) in [6.07, 6.45) is 0. The first-order valence-corrected chi connectivity index (χ1v) is 12.8. The van der Waals surface area contributed by atoms with Gasteiger partial charge in [0.15, 0.2) is 0 Å². The van der Waals surface area contributed by atoms with Crippen molar-refractivity contribution in [2.24, 2.45) is 7.05 Å². The normalized spacial score (nSPS) is 12.7. The van der Waals surface area contributed by atoms with E-state index in [4.69, 9.17) is 19.4 Å². The molecular weight excluding hydrogens is 456 g/mol. The molecule has 0 spiro atoms. The largest absolute Gasteiger partial charge is 0.437 e. The first-order chi connectivity index (χ1) is 17.5. The van der Waals surface area contributed by atoms with Crippen LogP contribution in [0.3, 0.4) is 0 Å². The Hall–Kier alpha value is -3.99. The van der Waals surface area contributed by atoms with Crippen LogP contribution in [-0.4, -0.2) is 19.5 Å². The van der Waals surface area contributed by atoms with Crippen LogP contribution < -0.4 is 0 Å². The third-order valence-corrected chi connectivity index (χ3v) is 7.11. The van der Waals surface area contributed by atoms with Crippen molar-refractivity contribution < 1.29 is 4.42 Å². The smallest absolute Gasteiger partial charge is 0.227 e. The molecule has 0 saturated carbocycles. The van der Waals surface area contributed by atoms with E-state index in [-0.39, 0.29) is 10.8 Å². The lowest BCUT2D eigenvalue weighted by atomic mass is 9.83. The number of benzene rings is 2. The minimum atomic E-state index is -0.0695. The van der Waals surface area contributed by atoms with Crippen LogP contribution in [0.2, 0.25) is 0 Å². The van der Waals surface area contributed by atoms with E-state index in [0.717, 1.165) is 55.9 Å². The zero-order valence-corrected chi connectivity index (χ0v) is 22.5. The van der Waals surface area contributed by atoms with Gasteiger partial charge in [0.2, 0.25) is 5.71 Å². The predicted molar refractivity (Wildman–Crippen MR) is 152 cm³/mol. The van der Waals surface area contributed by atoms with Crippen molar-refractivity contribution >= 4 is 33.1 Å². The van der Waals surface area contributed by atoms with E-state index in [1.807, 2.05) is 25.2 Å². The van der Waals surface area contributed by atoms with E-state index in [9.17, 15) is 0 Å². The van der Waals surface area contributed by atoms with Crippen LogP contribution in [0.15, 0.2) is 71.1 Å². The van der Waals surface area contributed by atoms with Crippen molar-refractivity contribution in [2.45, 2.75) is 52.4 Å². The Bertz CT molecular complexity index is 1780. The van der Waals surface area contributed by atoms with Gasteiger partial charge in [0.25, 0.3) is 0 Å². The molecule has 0 aliphatic heterocycles. The van der Waals surface area contributed by atoms with Crippen LogP contribution in [0.4, 0.5) is 0 Å². The van der Waals surface area contributed by atoms with Gasteiger partial charge in [-0.25, -0.2) is 9.97 Å². The summed E-state index contributed by atoms with van der Waals surface area (Å²) in [7, 11) is 2.04. The average molecular weight is 489 g/mol. The van der Waals surface area contributed by atoms with Crippen molar-refractivity contribution in [2.75, 3.05) is 0 Å². The number of furan rings is 1. The Morgan fingerprint density at radius 3 is 2.22 bits per heavy atom. The molecule has 4 aromatic heterocycles. The lowest BCUT2D eigenvalue weighted by Gasteiger charge is -2.25. The maximum Gasteiger partial charge on any atom is 0.227 e. The van der Waals surface area contributed by atoms with Crippen molar-refractivity contribution in [3.63, 3.8) is 0 Å². The van der Waals surface area contributed by atoms with Gasteiger partial charge in [-0.2, -0.15) is 0 Å². The SMILES string of the molecule is Cn1c(-c2cccc3c2oc2nc(-c4cc(C(C)(C)C)cc(C(C)(C)C)n4)ccc23)nc2ccccc21. The number of hydrogen-bond donors (Lipinski definition) is 0. The number of fused-ring (bicyclic) bond motifs is 4. The van der Waals surface area contributed by atoms with Crippen molar-refractivity contribution in [1.82, 2.24) is 19.5 Å². The fourth-order valence-corrected chi connectivity index (χ4v) is 4.86. The van der Waals surface area contributed by atoms with E-state index >= 15 is 0 Å². The molecule has 6 aromatic rings. The van der Waals surface area contributed by atoms with Gasteiger partial charge in [0.05, 0.1) is 28.0 Å². The molecule has 0 bridgehead atoms. The lowest BCUT2D eigenvalue weighted by Crippen LogP contribution is -2.18. The van der Waals surface area contributed by atoms with E-state index in [2.05, 4.69) is 94.6 Å². The quantitative estimate of drug-likeness (QED) is 0.246. The molecule has 37 heavy (non-hydrogen) atoms. The number of para-hydroxylation sites is 3. The van der Waals surface area contributed by atoms with Crippen molar-refractivity contribution in [3.8, 4) is 22.8 Å². The molecule has 0 aliphatic rings. The summed E-state index contributed by atoms with van der Waals surface area (Å²) in [6.45, 7) is 13.3. The highest BCUT2D eigenvalue weighted by Crippen LogP contribution is 2.37. The fraction of sp³-hybridized carbons (Fsp3) is 0.281. The Kier molecular flexibility index (Phi) is 5.07. The third-order valence-electron chi connectivity index (χ3n) is 7.11. The van der Waals surface area contributed by atoms with E-state index in [1.54, 1.807) is 0 Å². The molecule has 6 rings (SSSR count). The summed E-state index contributed by atoms with van der Waals surface area (Å²) in [4.78, 5) is 14.9. The van der Waals surface area contributed by atoms with E-state index in [0.29, 0.717) is 5.71 Å². The van der Waals surface area contributed by atoms with Gasteiger partial charge in [0, 0.05) is 28.9 Å². The van der Waals surface area contributed by atoms with E-state index < -0.39 is 0 Å². The Labute approximate surface area is 217 Å². The molecule has 0 fully saturated rings. The molecule has 5 heteroatoms. The van der Waals surface area contributed by atoms with Gasteiger partial charge >= 0.3 is 0 Å². The molecule has 0 amide bonds. The summed E-state index contributed by atoms with van der Waals surface area (Å²) >= 11 is 0. The highest BCUT2D eigenvalue weighted by atomic mass is 16.3. The fourth-order valence-electron chi connectivity index (χ4n) is 4.86. The molecule has 2 aromatic carbocycles. The molecule has 0 unspecified atom stereocenters. The average Bonchev–Trinajstić information content (AvgIpc) is 3.40. The molecule has 0 saturated heterocycles. The minimum absolute atomic E-state index is 0.00165. The molecule has 186 valence electrons. The van der Waals surface area contributed by atoms with Crippen molar-refractivity contribution in [1.29, 1.82) is 0 Å². The summed E-state index contributed by atoms with van der Waals surface area (Å²) in [5, 5.41) is 2.02. The van der Waals surface area contributed by atoms with Crippen LogP contribution in [0.25, 0.3) is 55.9 Å². The zero-order chi connectivity index (χ0) is 26.1. The third kappa shape index (κ3) is 3.90. The molecule has 0 N–H and O–H groups in total. The van der Waals surface area contributed by atoms with Gasteiger partial charge in [-0.3, -0.25) is 4.98 Å². The summed E-state index contributed by atoms with van der Waals surface area (Å²) in [6, 6.07) is 22.9. The van der Waals surface area contributed by atoms with Gasteiger partial charge in [-0.15, -0.1) is 0 Å². The van der Waals surface area contributed by atoms with Crippen LogP contribution in [-0.2, 0) is 17.9 Å². The van der Waals surface area contributed by atoms with Gasteiger partial charge in [0.1, 0.15) is 11.4 Å². The number of hydrogen-bond acceptors (Lipinski definition) is 4. The number of imidazole rings is 1. The number of nitrogens with zero attached hydrogens (tertiary/aromatic N) is 4. The molecule has 4 heterocycles. The predicted octanol–water partition coefficient (Wildman–Crippen LogP) is 8.19. The van der Waals surface area contributed by atoms with Gasteiger partial charge in [-0.1, -0.05) is 65.8 Å². The molecule has 0 radical (unpaired) electrons. The highest BCUT2D eigenvalue weighted by Gasteiger charge is 2.23. The second-order valence-electron chi connectivity index (χ2n) is 11.9. The van der Waals surface area contributed by atoms with E-state index in [1.165, 1.54) is 5.56 Å². The summed E-state index contributed by atoms with van der Waals surface area (Å²) < 4.78 is 8.57. The Balaban J connectivity index is 1.54. The second-order valence-corrected chi connectivity index (χ2v) is 11.9. The number of rotatable bonds is 2. The monoisotopic (exact) mass is 488 g/mol. The van der Waals surface area contributed by atoms with Crippen LogP contribution >= 0.6 is 0 Å². The van der Waals surface area contributed by atoms with Crippen LogP contribution in [0.1, 0.15) is 52.8 Å². The van der Waals surface area contributed by atoms with Gasteiger partial charge in [-0.05, 0) is 53.4 Å². The second kappa shape index (κ2) is 8.01. The van der Waals surface area contributed by atoms with Crippen molar-refractivity contribution in [3.05, 3.63) is 78.0 Å². The van der Waals surface area contributed by atoms with Crippen LogP contribution in [0, 0.1) is 0 Å². The number of pyridine rings is 2. The molecule has 0 aliphatic carbocycles.